The molecule has 0 N–H and O–H groups in total. The van der Waals surface area contributed by atoms with E-state index in [2.05, 4.69) is 24.3 Å². The van der Waals surface area contributed by atoms with Gasteiger partial charge in [0.05, 0.1) is 18.5 Å². The summed E-state index contributed by atoms with van der Waals surface area (Å²) in [5.74, 6) is -0.129. The topological polar surface area (TPSA) is 45.1 Å². The van der Waals surface area contributed by atoms with Gasteiger partial charge in [0.15, 0.2) is 4.88 Å². The molecule has 1 aromatic heterocycles. The standard InChI is InChI=1S/C18H13NO2S/c1-19-18(20)16-14-10-6-2-4-8-12(10)15(17(16)22(19)21)13-9-5-3-7-11(13)14/h2-9,14-15H,1H3. The van der Waals surface area contributed by atoms with Crippen molar-refractivity contribution in [1.82, 2.24) is 3.96 Å². The second-order valence-corrected chi connectivity index (χ2v) is 7.44. The summed E-state index contributed by atoms with van der Waals surface area (Å²) >= 11 is 0. The second-order valence-electron chi connectivity index (χ2n) is 5.95. The van der Waals surface area contributed by atoms with Crippen molar-refractivity contribution in [2.75, 3.05) is 0 Å². The molecule has 3 nitrogen and oxygen atoms in total. The summed E-state index contributed by atoms with van der Waals surface area (Å²) in [4.78, 5) is 13.4. The molecule has 2 bridgehead atoms. The Morgan fingerprint density at radius 3 is 1.86 bits per heavy atom. The minimum atomic E-state index is -1.36. The summed E-state index contributed by atoms with van der Waals surface area (Å²) in [6.45, 7) is 0. The fraction of sp³-hybridized carbons (Fsp3) is 0.167. The molecule has 3 aromatic rings. The normalized spacial score (nSPS) is 21.3. The first kappa shape index (κ1) is 12.4. The summed E-state index contributed by atoms with van der Waals surface area (Å²) in [6.07, 6.45) is 0. The summed E-state index contributed by atoms with van der Waals surface area (Å²) in [5.41, 5.74) is 5.41. The monoisotopic (exact) mass is 307 g/mol. The summed E-state index contributed by atoms with van der Waals surface area (Å²) < 4.78 is 14.1. The first-order chi connectivity index (χ1) is 10.7. The smallest absolute Gasteiger partial charge is 0.300 e. The molecule has 0 amide bonds. The van der Waals surface area contributed by atoms with Gasteiger partial charge in [0, 0.05) is 16.9 Å². The third-order valence-corrected chi connectivity index (χ3v) is 6.50. The van der Waals surface area contributed by atoms with Crippen LogP contribution in [0.4, 0.5) is 0 Å². The van der Waals surface area contributed by atoms with Crippen LogP contribution in [0.2, 0.25) is 0 Å². The Morgan fingerprint density at radius 2 is 1.36 bits per heavy atom. The van der Waals surface area contributed by atoms with E-state index in [0.717, 1.165) is 10.4 Å². The first-order valence-electron chi connectivity index (χ1n) is 7.32. The van der Waals surface area contributed by atoms with Crippen LogP contribution in [0.3, 0.4) is 0 Å². The van der Waals surface area contributed by atoms with Gasteiger partial charge in [-0.05, 0) is 22.3 Å². The zero-order valence-corrected chi connectivity index (χ0v) is 12.8. The lowest BCUT2D eigenvalue weighted by Crippen LogP contribution is -2.30. The van der Waals surface area contributed by atoms with Crippen LogP contribution in [0.5, 0.6) is 0 Å². The van der Waals surface area contributed by atoms with Crippen molar-refractivity contribution in [3.05, 3.63) is 91.6 Å². The summed E-state index contributed by atoms with van der Waals surface area (Å²) in [6, 6.07) is 16.5. The molecule has 1 atom stereocenters. The van der Waals surface area contributed by atoms with E-state index in [1.807, 2.05) is 24.3 Å². The SMILES string of the molecule is Cn1c(=O)c2c([s+]1[O-])C1c3ccccc3C2c2ccccc21. The fourth-order valence-electron chi connectivity index (χ4n) is 4.12. The number of hydrogen-bond donors (Lipinski definition) is 0. The predicted octanol–water partition coefficient (Wildman–Crippen LogP) is 3.10. The molecule has 0 radical (unpaired) electrons. The lowest BCUT2D eigenvalue weighted by atomic mass is 9.64. The van der Waals surface area contributed by atoms with Gasteiger partial charge >= 0.3 is 0 Å². The van der Waals surface area contributed by atoms with Gasteiger partial charge in [-0.15, -0.1) is 3.96 Å². The van der Waals surface area contributed by atoms with Crippen LogP contribution in [0.25, 0.3) is 0 Å². The second kappa shape index (κ2) is 3.97. The number of nitrogens with zero attached hydrogens (tertiary/aromatic N) is 1. The Kier molecular flexibility index (Phi) is 2.23. The lowest BCUT2D eigenvalue weighted by molar-refractivity contribution is 0.575. The van der Waals surface area contributed by atoms with Crippen molar-refractivity contribution in [2.45, 2.75) is 11.8 Å². The van der Waals surface area contributed by atoms with Crippen molar-refractivity contribution in [1.29, 1.82) is 0 Å². The summed E-state index contributed by atoms with van der Waals surface area (Å²) in [5, 5.41) is 0. The Balaban J connectivity index is 1.98. The average Bonchev–Trinajstić information content (AvgIpc) is 2.80. The van der Waals surface area contributed by atoms with Gasteiger partial charge in [0.2, 0.25) is 0 Å². The molecule has 6 rings (SSSR count). The van der Waals surface area contributed by atoms with Gasteiger partial charge in [-0.1, -0.05) is 48.5 Å². The van der Waals surface area contributed by atoms with Crippen LogP contribution >= 0.6 is 10.9 Å². The van der Waals surface area contributed by atoms with Crippen LogP contribution < -0.4 is 5.56 Å². The zero-order valence-electron chi connectivity index (χ0n) is 11.9. The molecule has 1 unspecified atom stereocenters. The highest BCUT2D eigenvalue weighted by Gasteiger charge is 2.49. The van der Waals surface area contributed by atoms with Gasteiger partial charge < -0.3 is 4.55 Å². The number of aromatic nitrogens is 1. The van der Waals surface area contributed by atoms with Crippen LogP contribution in [0.15, 0.2) is 53.3 Å². The highest BCUT2D eigenvalue weighted by molar-refractivity contribution is 7.20. The van der Waals surface area contributed by atoms with E-state index in [0.29, 0.717) is 0 Å². The Hall–Kier alpha value is -2.17. The minimum absolute atomic E-state index is 0.0536. The Morgan fingerprint density at radius 1 is 0.909 bits per heavy atom. The molecule has 3 aliphatic rings. The molecule has 3 aliphatic carbocycles. The predicted molar refractivity (Wildman–Crippen MR) is 85.1 cm³/mol. The molecule has 1 heterocycles. The maximum Gasteiger partial charge on any atom is 0.300 e. The molecule has 0 fully saturated rings. The molecule has 108 valence electrons. The van der Waals surface area contributed by atoms with Crippen molar-refractivity contribution in [2.24, 2.45) is 7.05 Å². The Bertz CT molecular complexity index is 951. The summed E-state index contributed by atoms with van der Waals surface area (Å²) in [7, 11) is 0.266. The van der Waals surface area contributed by atoms with Crippen molar-refractivity contribution in [3.8, 4) is 0 Å². The quantitative estimate of drug-likeness (QED) is 0.413. The van der Waals surface area contributed by atoms with Gasteiger partial charge in [-0.25, -0.2) is 0 Å². The van der Waals surface area contributed by atoms with Gasteiger partial charge in [0.25, 0.3) is 5.56 Å². The van der Waals surface area contributed by atoms with Gasteiger partial charge in [-0.3, -0.25) is 4.79 Å². The molecule has 4 heteroatoms. The maximum atomic E-state index is 12.7. The highest BCUT2D eigenvalue weighted by atomic mass is 32.2. The number of hydrogen-bond acceptors (Lipinski definition) is 2. The van der Waals surface area contributed by atoms with Gasteiger partial charge in [0.1, 0.15) is 0 Å². The molecular formula is C18H13NO2S. The van der Waals surface area contributed by atoms with E-state index in [9.17, 15) is 9.35 Å². The van der Waals surface area contributed by atoms with E-state index in [4.69, 9.17) is 0 Å². The third kappa shape index (κ3) is 1.24. The van der Waals surface area contributed by atoms with Crippen LogP contribution in [-0.4, -0.2) is 8.51 Å². The average molecular weight is 307 g/mol. The molecule has 2 aromatic carbocycles. The van der Waals surface area contributed by atoms with E-state index < -0.39 is 10.9 Å². The van der Waals surface area contributed by atoms with E-state index >= 15 is 0 Å². The van der Waals surface area contributed by atoms with Crippen molar-refractivity contribution in [3.63, 3.8) is 0 Å². The van der Waals surface area contributed by atoms with E-state index in [-0.39, 0.29) is 17.4 Å². The lowest BCUT2D eigenvalue weighted by Gasteiger charge is -2.37. The molecule has 0 spiro atoms. The fourth-order valence-corrected chi connectivity index (χ4v) is 5.51. The maximum absolute atomic E-state index is 12.7. The zero-order chi connectivity index (χ0) is 15.0. The van der Waals surface area contributed by atoms with E-state index in [1.165, 1.54) is 26.2 Å². The molecule has 0 aliphatic heterocycles. The first-order valence-corrected chi connectivity index (χ1v) is 8.42. The highest BCUT2D eigenvalue weighted by Crippen LogP contribution is 2.57. The molecule has 0 saturated carbocycles. The largest absolute Gasteiger partial charge is 0.570 e. The molecule has 22 heavy (non-hydrogen) atoms. The van der Waals surface area contributed by atoms with Crippen LogP contribution in [-0.2, 0) is 7.05 Å². The minimum Gasteiger partial charge on any atom is -0.570 e. The van der Waals surface area contributed by atoms with Gasteiger partial charge in [-0.2, -0.15) is 0 Å². The third-order valence-electron chi connectivity index (χ3n) is 5.01. The van der Waals surface area contributed by atoms with E-state index in [1.54, 1.807) is 7.05 Å². The van der Waals surface area contributed by atoms with Crippen molar-refractivity contribution >= 4 is 10.9 Å². The Labute approximate surface area is 130 Å². The van der Waals surface area contributed by atoms with Crippen LogP contribution in [0, 0.1) is 0 Å². The van der Waals surface area contributed by atoms with Crippen molar-refractivity contribution < 1.29 is 4.55 Å². The number of rotatable bonds is 0. The molecule has 0 saturated heterocycles. The van der Waals surface area contributed by atoms with Crippen LogP contribution in [0.1, 0.15) is 44.5 Å². The number of benzene rings is 2. The molecular weight excluding hydrogens is 294 g/mol.